The number of rotatable bonds is 4. The lowest BCUT2D eigenvalue weighted by molar-refractivity contribution is -0.128. The van der Waals surface area contributed by atoms with E-state index in [1.54, 1.807) is 11.8 Å². The van der Waals surface area contributed by atoms with Crippen LogP contribution in [-0.4, -0.2) is 21.1 Å². The van der Waals surface area contributed by atoms with Crippen LogP contribution < -0.4 is 0 Å². The zero-order chi connectivity index (χ0) is 17.2. The van der Waals surface area contributed by atoms with Crippen LogP contribution in [0.4, 0.5) is 0 Å². The molecule has 3 nitrogen and oxygen atoms in total. The van der Waals surface area contributed by atoms with Crippen molar-refractivity contribution in [1.82, 2.24) is 9.47 Å². The molecule has 1 aliphatic heterocycles. The quantitative estimate of drug-likeness (QED) is 0.601. The molecule has 1 atom stereocenters. The van der Waals surface area contributed by atoms with Crippen LogP contribution in [0.25, 0.3) is 5.69 Å². The topological polar surface area (TPSA) is 25.2 Å². The van der Waals surface area contributed by atoms with Crippen LogP contribution in [0.15, 0.2) is 77.5 Å². The highest BCUT2D eigenvalue weighted by molar-refractivity contribution is 9.10. The first-order valence-corrected chi connectivity index (χ1v) is 9.94. The van der Waals surface area contributed by atoms with Crippen molar-refractivity contribution in [2.24, 2.45) is 0 Å². The zero-order valence-corrected chi connectivity index (χ0v) is 15.9. The lowest BCUT2D eigenvalue weighted by Crippen LogP contribution is -2.27. The maximum atomic E-state index is 12.4. The molecule has 2 aromatic carbocycles. The third-order valence-electron chi connectivity index (χ3n) is 4.29. The third-order valence-corrected chi connectivity index (χ3v) is 6.07. The number of carbonyl (C=O) groups is 1. The standard InChI is InChI=1S/C20H17BrN2OS/c21-17-6-8-18(9-7-17)22-11-10-16(13-22)20-23(19(24)14-25-20)12-15-4-2-1-3-5-15/h1-11,13,20H,12,14H2/t20-/m0/s1. The molecule has 1 aliphatic rings. The molecular formula is C20H17BrN2OS. The summed E-state index contributed by atoms with van der Waals surface area (Å²) in [6.07, 6.45) is 4.18. The van der Waals surface area contributed by atoms with E-state index in [2.05, 4.69) is 63.2 Å². The number of thioether (sulfide) groups is 1. The molecule has 3 aromatic rings. The summed E-state index contributed by atoms with van der Waals surface area (Å²) in [5.41, 5.74) is 3.43. The number of benzene rings is 2. The van der Waals surface area contributed by atoms with Crippen molar-refractivity contribution >= 4 is 33.6 Å². The highest BCUT2D eigenvalue weighted by atomic mass is 79.9. The van der Waals surface area contributed by atoms with Crippen LogP contribution in [-0.2, 0) is 11.3 Å². The van der Waals surface area contributed by atoms with Crippen molar-refractivity contribution in [1.29, 1.82) is 0 Å². The van der Waals surface area contributed by atoms with E-state index in [-0.39, 0.29) is 11.3 Å². The van der Waals surface area contributed by atoms with Crippen molar-refractivity contribution in [3.63, 3.8) is 0 Å². The summed E-state index contributed by atoms with van der Waals surface area (Å²) in [5, 5.41) is 0.0735. The molecule has 1 saturated heterocycles. The van der Waals surface area contributed by atoms with Crippen molar-refractivity contribution < 1.29 is 4.79 Å². The summed E-state index contributed by atoms with van der Waals surface area (Å²) in [5.74, 6) is 0.747. The van der Waals surface area contributed by atoms with Gasteiger partial charge in [0, 0.05) is 34.7 Å². The predicted octanol–water partition coefficient (Wildman–Crippen LogP) is 5.01. The second-order valence-electron chi connectivity index (χ2n) is 6.00. The molecule has 1 amide bonds. The summed E-state index contributed by atoms with van der Waals surface area (Å²) in [4.78, 5) is 14.3. The number of halogens is 1. The van der Waals surface area contributed by atoms with Gasteiger partial charge in [-0.3, -0.25) is 4.79 Å². The fraction of sp³-hybridized carbons (Fsp3) is 0.150. The van der Waals surface area contributed by atoms with Gasteiger partial charge in [0.1, 0.15) is 5.37 Å². The summed E-state index contributed by atoms with van der Waals surface area (Å²) in [7, 11) is 0. The smallest absolute Gasteiger partial charge is 0.234 e. The van der Waals surface area contributed by atoms with Crippen LogP contribution in [0.5, 0.6) is 0 Å². The fourth-order valence-corrected chi connectivity index (χ4v) is 4.45. The maximum absolute atomic E-state index is 12.4. The molecule has 0 N–H and O–H groups in total. The van der Waals surface area contributed by atoms with Gasteiger partial charge >= 0.3 is 0 Å². The Morgan fingerprint density at radius 3 is 2.56 bits per heavy atom. The van der Waals surface area contributed by atoms with Crippen LogP contribution in [0.1, 0.15) is 16.5 Å². The monoisotopic (exact) mass is 412 g/mol. The Hall–Kier alpha value is -1.98. The highest BCUT2D eigenvalue weighted by Gasteiger charge is 2.33. The van der Waals surface area contributed by atoms with E-state index in [9.17, 15) is 4.79 Å². The number of carbonyl (C=O) groups excluding carboxylic acids is 1. The third kappa shape index (κ3) is 3.53. The van der Waals surface area contributed by atoms with E-state index >= 15 is 0 Å². The first-order chi connectivity index (χ1) is 12.2. The Labute approximate surface area is 159 Å². The van der Waals surface area contributed by atoms with Crippen LogP contribution in [0.2, 0.25) is 0 Å². The minimum atomic E-state index is 0.0735. The Morgan fingerprint density at radius 2 is 1.80 bits per heavy atom. The molecule has 5 heteroatoms. The number of hydrogen-bond acceptors (Lipinski definition) is 2. The van der Waals surface area contributed by atoms with Crippen molar-refractivity contribution in [2.75, 3.05) is 5.75 Å². The van der Waals surface area contributed by atoms with Crippen molar-refractivity contribution in [2.45, 2.75) is 11.9 Å². The fourth-order valence-electron chi connectivity index (χ4n) is 3.01. The molecule has 0 saturated carbocycles. The Bertz CT molecular complexity index is 876. The molecule has 0 radical (unpaired) electrons. The number of aromatic nitrogens is 1. The Balaban J connectivity index is 1.58. The van der Waals surface area contributed by atoms with E-state index in [0.29, 0.717) is 12.3 Å². The summed E-state index contributed by atoms with van der Waals surface area (Å²) >= 11 is 5.16. The van der Waals surface area contributed by atoms with E-state index in [1.807, 2.05) is 35.2 Å². The predicted molar refractivity (Wildman–Crippen MR) is 106 cm³/mol. The van der Waals surface area contributed by atoms with E-state index in [4.69, 9.17) is 0 Å². The molecule has 0 unspecified atom stereocenters. The molecule has 1 aromatic heterocycles. The first-order valence-electron chi connectivity index (χ1n) is 8.09. The van der Waals surface area contributed by atoms with E-state index < -0.39 is 0 Å². The van der Waals surface area contributed by atoms with Gasteiger partial charge in [-0.15, -0.1) is 11.8 Å². The lowest BCUT2D eigenvalue weighted by atomic mass is 10.2. The molecule has 0 bridgehead atoms. The number of nitrogens with zero attached hydrogens (tertiary/aromatic N) is 2. The highest BCUT2D eigenvalue weighted by Crippen LogP contribution is 2.40. The van der Waals surface area contributed by atoms with Crippen LogP contribution in [0, 0.1) is 0 Å². The second-order valence-corrected chi connectivity index (χ2v) is 7.98. The van der Waals surface area contributed by atoms with Gasteiger partial charge in [-0.05, 0) is 35.9 Å². The van der Waals surface area contributed by atoms with Crippen molar-refractivity contribution in [3.8, 4) is 5.69 Å². The first kappa shape index (κ1) is 16.5. The zero-order valence-electron chi connectivity index (χ0n) is 13.5. The minimum absolute atomic E-state index is 0.0735. The van der Waals surface area contributed by atoms with Crippen LogP contribution in [0.3, 0.4) is 0 Å². The lowest BCUT2D eigenvalue weighted by Gasteiger charge is -2.23. The van der Waals surface area contributed by atoms with Gasteiger partial charge in [0.05, 0.1) is 5.75 Å². The van der Waals surface area contributed by atoms with Gasteiger partial charge in [0.15, 0.2) is 0 Å². The molecule has 0 spiro atoms. The average molecular weight is 413 g/mol. The molecule has 126 valence electrons. The molecule has 1 fully saturated rings. The summed E-state index contributed by atoms with van der Waals surface area (Å²) in [6.45, 7) is 0.654. The summed E-state index contributed by atoms with van der Waals surface area (Å²) < 4.78 is 3.17. The Morgan fingerprint density at radius 1 is 1.04 bits per heavy atom. The van der Waals surface area contributed by atoms with Gasteiger partial charge in [-0.2, -0.15) is 0 Å². The van der Waals surface area contributed by atoms with Crippen molar-refractivity contribution in [3.05, 3.63) is 88.7 Å². The number of hydrogen-bond donors (Lipinski definition) is 0. The van der Waals surface area contributed by atoms with Gasteiger partial charge in [0.25, 0.3) is 0 Å². The molecule has 0 aliphatic carbocycles. The maximum Gasteiger partial charge on any atom is 0.234 e. The normalized spacial score (nSPS) is 17.2. The van der Waals surface area contributed by atoms with Gasteiger partial charge in [-0.25, -0.2) is 0 Å². The minimum Gasteiger partial charge on any atom is -0.323 e. The SMILES string of the molecule is O=C1CS[C@@H](c2ccn(-c3ccc(Br)cc3)c2)N1Cc1ccccc1. The van der Waals surface area contributed by atoms with Gasteiger partial charge in [-0.1, -0.05) is 46.3 Å². The van der Waals surface area contributed by atoms with E-state index in [1.165, 1.54) is 0 Å². The van der Waals surface area contributed by atoms with Gasteiger partial charge < -0.3 is 9.47 Å². The van der Waals surface area contributed by atoms with Gasteiger partial charge in [0.2, 0.25) is 5.91 Å². The van der Waals surface area contributed by atoms with Crippen LogP contribution >= 0.6 is 27.7 Å². The largest absolute Gasteiger partial charge is 0.323 e. The van der Waals surface area contributed by atoms with E-state index in [0.717, 1.165) is 21.3 Å². The summed E-state index contributed by atoms with van der Waals surface area (Å²) in [6, 6.07) is 20.5. The molecule has 4 rings (SSSR count). The Kier molecular flexibility index (Phi) is 4.68. The molecule has 25 heavy (non-hydrogen) atoms. The second kappa shape index (κ2) is 7.10. The molecular weight excluding hydrogens is 396 g/mol. The average Bonchev–Trinajstić information content (AvgIpc) is 3.24. The number of amides is 1. The molecule has 2 heterocycles.